The molecule has 4 heteroatoms. The van der Waals surface area contributed by atoms with Gasteiger partial charge in [0.15, 0.2) is 0 Å². The molecule has 19 heavy (non-hydrogen) atoms. The quantitative estimate of drug-likeness (QED) is 0.816. The predicted molar refractivity (Wildman–Crippen MR) is 73.2 cm³/mol. The lowest BCUT2D eigenvalue weighted by atomic mass is 9.97. The summed E-state index contributed by atoms with van der Waals surface area (Å²) in [6.07, 6.45) is 7.02. The van der Waals surface area contributed by atoms with Crippen LogP contribution in [0.5, 0.6) is 0 Å². The zero-order chi connectivity index (χ0) is 13.7. The van der Waals surface area contributed by atoms with Gasteiger partial charge < -0.3 is 10.4 Å². The van der Waals surface area contributed by atoms with E-state index >= 15 is 0 Å². The van der Waals surface area contributed by atoms with Gasteiger partial charge in [-0.25, -0.2) is 4.79 Å². The lowest BCUT2D eigenvalue weighted by Crippen LogP contribution is -2.13. The maximum Gasteiger partial charge on any atom is 0.335 e. The van der Waals surface area contributed by atoms with E-state index in [0.29, 0.717) is 12.1 Å². The van der Waals surface area contributed by atoms with Gasteiger partial charge in [0, 0.05) is 12.1 Å². The average molecular weight is 259 g/mol. The number of nitrogens with one attached hydrogen (secondary N) is 1. The van der Waals surface area contributed by atoms with E-state index in [0.717, 1.165) is 19.3 Å². The standard InChI is InChI=1S/C15H17NO3/c17-14(10-11-4-2-1-3-5-11)16-13-8-6-12(7-9-13)15(18)19/h4,6-9H,1-3,5,10H2,(H,16,17)(H,18,19). The zero-order valence-electron chi connectivity index (χ0n) is 10.7. The Morgan fingerprint density at radius 2 is 1.89 bits per heavy atom. The molecule has 1 aromatic rings. The third-order valence-electron chi connectivity index (χ3n) is 3.19. The van der Waals surface area contributed by atoms with Crippen LogP contribution in [-0.2, 0) is 4.79 Å². The minimum Gasteiger partial charge on any atom is -0.478 e. The Morgan fingerprint density at radius 3 is 2.47 bits per heavy atom. The van der Waals surface area contributed by atoms with E-state index in [2.05, 4.69) is 11.4 Å². The molecule has 0 atom stereocenters. The van der Waals surface area contributed by atoms with Gasteiger partial charge in [-0.05, 0) is 49.9 Å². The molecule has 2 N–H and O–H groups in total. The van der Waals surface area contributed by atoms with Crippen LogP contribution in [-0.4, -0.2) is 17.0 Å². The SMILES string of the molecule is O=C(CC1=CCCCC1)Nc1ccc(C(=O)O)cc1. The molecule has 0 unspecified atom stereocenters. The second kappa shape index (κ2) is 6.18. The van der Waals surface area contributed by atoms with Gasteiger partial charge in [0.1, 0.15) is 0 Å². The monoisotopic (exact) mass is 259 g/mol. The Bertz CT molecular complexity index is 503. The Labute approximate surface area is 112 Å². The van der Waals surface area contributed by atoms with E-state index in [-0.39, 0.29) is 11.5 Å². The summed E-state index contributed by atoms with van der Waals surface area (Å²) in [5, 5.41) is 11.6. The number of amides is 1. The van der Waals surface area contributed by atoms with Gasteiger partial charge in [-0.2, -0.15) is 0 Å². The van der Waals surface area contributed by atoms with Gasteiger partial charge in [-0.1, -0.05) is 11.6 Å². The number of carbonyl (C=O) groups excluding carboxylic acids is 1. The van der Waals surface area contributed by atoms with Gasteiger partial charge >= 0.3 is 5.97 Å². The number of hydrogen-bond donors (Lipinski definition) is 2. The van der Waals surface area contributed by atoms with Crippen LogP contribution < -0.4 is 5.32 Å². The Balaban J connectivity index is 1.91. The first-order valence-corrected chi connectivity index (χ1v) is 6.46. The molecule has 0 aliphatic heterocycles. The fourth-order valence-corrected chi connectivity index (χ4v) is 2.17. The van der Waals surface area contributed by atoms with Gasteiger partial charge in [-0.3, -0.25) is 4.79 Å². The minimum absolute atomic E-state index is 0.0452. The highest BCUT2D eigenvalue weighted by Crippen LogP contribution is 2.20. The summed E-state index contributed by atoms with van der Waals surface area (Å²) in [7, 11) is 0. The Morgan fingerprint density at radius 1 is 1.16 bits per heavy atom. The summed E-state index contributed by atoms with van der Waals surface area (Å²) in [5.74, 6) is -1.01. The van der Waals surface area contributed by atoms with E-state index in [1.807, 2.05) is 0 Å². The zero-order valence-corrected chi connectivity index (χ0v) is 10.7. The van der Waals surface area contributed by atoms with Crippen molar-refractivity contribution < 1.29 is 14.7 Å². The molecule has 0 spiro atoms. The molecule has 1 aromatic carbocycles. The van der Waals surface area contributed by atoms with Crippen LogP contribution >= 0.6 is 0 Å². The summed E-state index contributed by atoms with van der Waals surface area (Å²) < 4.78 is 0. The number of rotatable bonds is 4. The number of carboxylic acids is 1. The first-order chi connectivity index (χ1) is 9.15. The molecule has 1 aliphatic carbocycles. The second-order valence-electron chi connectivity index (χ2n) is 4.72. The highest BCUT2D eigenvalue weighted by molar-refractivity contribution is 5.93. The number of anilines is 1. The second-order valence-corrected chi connectivity index (χ2v) is 4.72. The van der Waals surface area contributed by atoms with Crippen molar-refractivity contribution in [2.24, 2.45) is 0 Å². The molecular formula is C15H17NO3. The molecule has 0 fully saturated rings. The van der Waals surface area contributed by atoms with Crippen molar-refractivity contribution in [1.29, 1.82) is 0 Å². The van der Waals surface area contributed by atoms with E-state index < -0.39 is 5.97 Å². The maximum absolute atomic E-state index is 11.8. The van der Waals surface area contributed by atoms with Crippen molar-refractivity contribution in [2.45, 2.75) is 32.1 Å². The molecule has 0 saturated carbocycles. The first kappa shape index (κ1) is 13.3. The highest BCUT2D eigenvalue weighted by Gasteiger charge is 2.09. The molecular weight excluding hydrogens is 242 g/mol. The topological polar surface area (TPSA) is 66.4 Å². The number of allylic oxidation sites excluding steroid dienone is 1. The van der Waals surface area contributed by atoms with Crippen LogP contribution in [0, 0.1) is 0 Å². The largest absolute Gasteiger partial charge is 0.478 e. The fraction of sp³-hybridized carbons (Fsp3) is 0.333. The van der Waals surface area contributed by atoms with Crippen molar-refractivity contribution in [2.75, 3.05) is 5.32 Å². The van der Waals surface area contributed by atoms with Gasteiger partial charge in [-0.15, -0.1) is 0 Å². The lowest BCUT2D eigenvalue weighted by molar-refractivity contribution is -0.115. The minimum atomic E-state index is -0.967. The lowest BCUT2D eigenvalue weighted by Gasteiger charge is -2.12. The molecule has 0 heterocycles. The van der Waals surface area contributed by atoms with Gasteiger partial charge in [0.25, 0.3) is 0 Å². The highest BCUT2D eigenvalue weighted by atomic mass is 16.4. The number of benzene rings is 1. The number of carbonyl (C=O) groups is 2. The molecule has 1 amide bonds. The fourth-order valence-electron chi connectivity index (χ4n) is 2.17. The summed E-state index contributed by atoms with van der Waals surface area (Å²) in [4.78, 5) is 22.5. The molecule has 2 rings (SSSR count). The number of hydrogen-bond acceptors (Lipinski definition) is 2. The Hall–Kier alpha value is -2.10. The first-order valence-electron chi connectivity index (χ1n) is 6.46. The van der Waals surface area contributed by atoms with Crippen molar-refractivity contribution in [3.8, 4) is 0 Å². The van der Waals surface area contributed by atoms with Crippen LogP contribution in [0.3, 0.4) is 0 Å². The van der Waals surface area contributed by atoms with E-state index in [9.17, 15) is 9.59 Å². The molecule has 1 aliphatic rings. The van der Waals surface area contributed by atoms with Crippen LogP contribution in [0.25, 0.3) is 0 Å². The van der Waals surface area contributed by atoms with Crippen molar-refractivity contribution in [1.82, 2.24) is 0 Å². The smallest absolute Gasteiger partial charge is 0.335 e. The van der Waals surface area contributed by atoms with Crippen molar-refractivity contribution in [3.63, 3.8) is 0 Å². The molecule has 100 valence electrons. The average Bonchev–Trinajstić information content (AvgIpc) is 2.40. The normalized spacial score (nSPS) is 14.6. The maximum atomic E-state index is 11.8. The molecule has 0 aromatic heterocycles. The van der Waals surface area contributed by atoms with Crippen LogP contribution in [0.1, 0.15) is 42.5 Å². The van der Waals surface area contributed by atoms with Gasteiger partial charge in [0.05, 0.1) is 5.56 Å². The molecule has 0 saturated heterocycles. The molecule has 0 radical (unpaired) electrons. The van der Waals surface area contributed by atoms with Crippen LogP contribution in [0.2, 0.25) is 0 Å². The number of aromatic carboxylic acids is 1. The predicted octanol–water partition coefficient (Wildman–Crippen LogP) is 3.21. The third-order valence-corrected chi connectivity index (χ3v) is 3.19. The third kappa shape index (κ3) is 3.95. The molecule has 0 bridgehead atoms. The van der Waals surface area contributed by atoms with E-state index in [4.69, 9.17) is 5.11 Å². The number of carboxylic acid groups (broad SMARTS) is 1. The van der Waals surface area contributed by atoms with Crippen LogP contribution in [0.4, 0.5) is 5.69 Å². The Kier molecular flexibility index (Phi) is 4.34. The summed E-state index contributed by atoms with van der Waals surface area (Å²) >= 11 is 0. The molecule has 4 nitrogen and oxygen atoms in total. The van der Waals surface area contributed by atoms with E-state index in [1.165, 1.54) is 24.1 Å². The van der Waals surface area contributed by atoms with Crippen molar-refractivity contribution >= 4 is 17.6 Å². The van der Waals surface area contributed by atoms with Crippen molar-refractivity contribution in [3.05, 3.63) is 41.5 Å². The van der Waals surface area contributed by atoms with Crippen LogP contribution in [0.15, 0.2) is 35.9 Å². The summed E-state index contributed by atoms with van der Waals surface area (Å²) in [6.45, 7) is 0. The summed E-state index contributed by atoms with van der Waals surface area (Å²) in [6, 6.07) is 6.18. The van der Waals surface area contributed by atoms with Gasteiger partial charge in [0.2, 0.25) is 5.91 Å². The van der Waals surface area contributed by atoms with E-state index in [1.54, 1.807) is 12.1 Å². The summed E-state index contributed by atoms with van der Waals surface area (Å²) in [5.41, 5.74) is 2.05.